The second-order valence-corrected chi connectivity index (χ2v) is 6.35. The Labute approximate surface area is 153 Å². The van der Waals surface area contributed by atoms with Gasteiger partial charge in [-0.25, -0.2) is 0 Å². The van der Waals surface area contributed by atoms with Crippen molar-refractivity contribution in [3.8, 4) is 5.75 Å². The first-order chi connectivity index (χ1) is 12.7. The zero-order valence-electron chi connectivity index (χ0n) is 14.2. The summed E-state index contributed by atoms with van der Waals surface area (Å²) >= 11 is 0. The van der Waals surface area contributed by atoms with Gasteiger partial charge in [0.15, 0.2) is 0 Å². The molecule has 2 atom stereocenters. The highest BCUT2D eigenvalue weighted by Gasteiger charge is 2.46. The summed E-state index contributed by atoms with van der Waals surface area (Å²) in [5.74, 6) is -2.04. The number of benzene rings is 1. The molecule has 6 nitrogen and oxygen atoms in total. The number of rotatable bonds is 5. The van der Waals surface area contributed by atoms with Crippen molar-refractivity contribution in [2.24, 2.45) is 11.8 Å². The summed E-state index contributed by atoms with van der Waals surface area (Å²) in [6.45, 7) is -0.0221. The smallest absolute Gasteiger partial charge is 0.406 e. The van der Waals surface area contributed by atoms with Gasteiger partial charge in [-0.1, -0.05) is 12.2 Å². The summed E-state index contributed by atoms with van der Waals surface area (Å²) in [4.78, 5) is 37.8. The molecule has 0 unspecified atom stereocenters. The number of halogens is 3. The van der Waals surface area contributed by atoms with Crippen LogP contribution < -0.4 is 10.1 Å². The van der Waals surface area contributed by atoms with E-state index in [1.54, 1.807) is 0 Å². The number of carbonyl (C=O) groups is 3. The summed E-state index contributed by atoms with van der Waals surface area (Å²) in [6.07, 6.45) is -0.0462. The van der Waals surface area contributed by atoms with E-state index < -0.39 is 18.0 Å². The van der Waals surface area contributed by atoms with Gasteiger partial charge in [0.2, 0.25) is 17.7 Å². The molecule has 3 amide bonds. The highest BCUT2D eigenvalue weighted by molar-refractivity contribution is 6.05. The lowest BCUT2D eigenvalue weighted by Crippen LogP contribution is -2.34. The molecule has 1 aliphatic carbocycles. The fourth-order valence-electron chi connectivity index (χ4n) is 3.27. The molecule has 0 radical (unpaired) electrons. The van der Waals surface area contributed by atoms with E-state index in [1.807, 2.05) is 12.2 Å². The van der Waals surface area contributed by atoms with Crippen molar-refractivity contribution in [3.63, 3.8) is 0 Å². The third-order valence-corrected chi connectivity index (χ3v) is 4.53. The first kappa shape index (κ1) is 18.9. The Kier molecular flexibility index (Phi) is 5.20. The van der Waals surface area contributed by atoms with E-state index in [0.717, 1.165) is 17.0 Å². The number of alkyl halides is 3. The van der Waals surface area contributed by atoms with Crippen LogP contribution in [0.1, 0.15) is 19.3 Å². The van der Waals surface area contributed by atoms with E-state index >= 15 is 0 Å². The largest absolute Gasteiger partial charge is 0.573 e. The monoisotopic (exact) mass is 382 g/mol. The topological polar surface area (TPSA) is 75.7 Å². The van der Waals surface area contributed by atoms with Crippen LogP contribution in [0.15, 0.2) is 36.4 Å². The SMILES string of the molecule is O=C(CCN1C(=O)[C@H]2CC=CC[C@H]2C1=O)Nc1ccc(OC(F)(F)F)cc1. The predicted molar refractivity (Wildman–Crippen MR) is 88.4 cm³/mol. The Hall–Kier alpha value is -2.84. The minimum atomic E-state index is -4.79. The number of nitrogens with zero attached hydrogens (tertiary/aromatic N) is 1. The molecule has 2 aliphatic rings. The Bertz CT molecular complexity index is 748. The number of hydrogen-bond acceptors (Lipinski definition) is 4. The van der Waals surface area contributed by atoms with Crippen molar-refractivity contribution >= 4 is 23.4 Å². The van der Waals surface area contributed by atoms with Gasteiger partial charge < -0.3 is 10.1 Å². The molecule has 1 saturated heterocycles. The number of likely N-dealkylation sites (tertiary alicyclic amines) is 1. The summed E-state index contributed by atoms with van der Waals surface area (Å²) in [5, 5.41) is 2.51. The molecular formula is C18H17F3N2O4. The number of fused-ring (bicyclic) bond motifs is 1. The Balaban J connectivity index is 1.51. The molecule has 0 spiro atoms. The molecule has 0 aromatic heterocycles. The Morgan fingerprint density at radius 3 is 2.15 bits per heavy atom. The van der Waals surface area contributed by atoms with Crippen LogP contribution in [0, 0.1) is 11.8 Å². The number of allylic oxidation sites excluding steroid dienone is 2. The van der Waals surface area contributed by atoms with Gasteiger partial charge >= 0.3 is 6.36 Å². The first-order valence-corrected chi connectivity index (χ1v) is 8.40. The number of carbonyl (C=O) groups excluding carboxylic acids is 3. The molecule has 9 heteroatoms. The zero-order chi connectivity index (χ0) is 19.6. The van der Waals surface area contributed by atoms with Crippen LogP contribution in [0.25, 0.3) is 0 Å². The fraction of sp³-hybridized carbons (Fsp3) is 0.389. The molecule has 1 aromatic carbocycles. The lowest BCUT2D eigenvalue weighted by atomic mass is 9.85. The van der Waals surface area contributed by atoms with E-state index in [0.29, 0.717) is 12.8 Å². The van der Waals surface area contributed by atoms with Gasteiger partial charge in [-0.3, -0.25) is 19.3 Å². The van der Waals surface area contributed by atoms with Crippen LogP contribution in [0.2, 0.25) is 0 Å². The summed E-state index contributed by atoms with van der Waals surface area (Å²) in [7, 11) is 0. The van der Waals surface area contributed by atoms with Crippen LogP contribution in [0.3, 0.4) is 0 Å². The quantitative estimate of drug-likeness (QED) is 0.628. The first-order valence-electron chi connectivity index (χ1n) is 8.40. The molecule has 1 aromatic rings. The van der Waals surface area contributed by atoms with E-state index in [1.165, 1.54) is 12.1 Å². The average Bonchev–Trinajstić information content (AvgIpc) is 2.85. The summed E-state index contributed by atoms with van der Waals surface area (Å²) < 4.78 is 40.1. The number of nitrogens with one attached hydrogen (secondary N) is 1. The second kappa shape index (κ2) is 7.42. The number of ether oxygens (including phenoxy) is 1. The number of hydrogen-bond donors (Lipinski definition) is 1. The van der Waals surface area contributed by atoms with E-state index in [4.69, 9.17) is 0 Å². The number of amides is 3. The predicted octanol–water partition coefficient (Wildman–Crippen LogP) is 2.87. The van der Waals surface area contributed by atoms with E-state index in [-0.39, 0.29) is 42.3 Å². The molecule has 0 saturated carbocycles. The molecule has 1 aliphatic heterocycles. The van der Waals surface area contributed by atoms with E-state index in [9.17, 15) is 27.6 Å². The maximum atomic E-state index is 12.3. The maximum absolute atomic E-state index is 12.3. The van der Waals surface area contributed by atoms with E-state index in [2.05, 4.69) is 10.1 Å². The Morgan fingerprint density at radius 1 is 1.07 bits per heavy atom. The van der Waals surface area contributed by atoms with Gasteiger partial charge in [0.25, 0.3) is 0 Å². The van der Waals surface area contributed by atoms with Gasteiger partial charge in [0, 0.05) is 18.7 Å². The standard InChI is InChI=1S/C18H17F3N2O4/c19-18(20,21)27-12-7-5-11(6-8-12)22-15(24)9-10-23-16(25)13-3-1-2-4-14(13)17(23)26/h1-2,5-8,13-14H,3-4,9-10H2,(H,22,24)/t13-,14+. The molecular weight excluding hydrogens is 365 g/mol. The molecule has 1 fully saturated rings. The lowest BCUT2D eigenvalue weighted by molar-refractivity contribution is -0.274. The molecule has 144 valence electrons. The fourth-order valence-corrected chi connectivity index (χ4v) is 3.27. The van der Waals surface area contributed by atoms with Gasteiger partial charge in [-0.2, -0.15) is 0 Å². The summed E-state index contributed by atoms with van der Waals surface area (Å²) in [6, 6.07) is 4.69. The van der Waals surface area contributed by atoms with Gasteiger partial charge in [0.05, 0.1) is 11.8 Å². The highest BCUT2D eigenvalue weighted by atomic mass is 19.4. The number of anilines is 1. The Morgan fingerprint density at radius 2 is 1.63 bits per heavy atom. The zero-order valence-corrected chi connectivity index (χ0v) is 14.2. The number of imide groups is 1. The van der Waals surface area contributed by atoms with Gasteiger partial charge in [0.1, 0.15) is 5.75 Å². The normalized spacial score (nSPS) is 22.0. The molecule has 1 N–H and O–H groups in total. The van der Waals surface area contributed by atoms with Crippen LogP contribution in [-0.2, 0) is 14.4 Å². The molecule has 1 heterocycles. The third-order valence-electron chi connectivity index (χ3n) is 4.53. The maximum Gasteiger partial charge on any atom is 0.573 e. The van der Waals surface area contributed by atoms with Crippen molar-refractivity contribution in [2.75, 3.05) is 11.9 Å². The van der Waals surface area contributed by atoms with Crippen LogP contribution >= 0.6 is 0 Å². The molecule has 0 bridgehead atoms. The van der Waals surface area contributed by atoms with Crippen LogP contribution in [0.4, 0.5) is 18.9 Å². The van der Waals surface area contributed by atoms with Gasteiger partial charge in [-0.05, 0) is 37.1 Å². The molecule has 27 heavy (non-hydrogen) atoms. The minimum absolute atomic E-state index is 0.0221. The van der Waals surface area contributed by atoms with Crippen LogP contribution in [-0.4, -0.2) is 35.5 Å². The average molecular weight is 382 g/mol. The van der Waals surface area contributed by atoms with Crippen molar-refractivity contribution < 1.29 is 32.3 Å². The van der Waals surface area contributed by atoms with Crippen molar-refractivity contribution in [2.45, 2.75) is 25.6 Å². The van der Waals surface area contributed by atoms with Crippen molar-refractivity contribution in [1.29, 1.82) is 0 Å². The minimum Gasteiger partial charge on any atom is -0.406 e. The molecule has 3 rings (SSSR count). The van der Waals surface area contributed by atoms with Crippen molar-refractivity contribution in [1.82, 2.24) is 4.90 Å². The highest BCUT2D eigenvalue weighted by Crippen LogP contribution is 2.35. The van der Waals surface area contributed by atoms with Crippen molar-refractivity contribution in [3.05, 3.63) is 36.4 Å². The van der Waals surface area contributed by atoms with Gasteiger partial charge in [-0.15, -0.1) is 13.2 Å². The van der Waals surface area contributed by atoms with Crippen LogP contribution in [0.5, 0.6) is 5.75 Å². The second-order valence-electron chi connectivity index (χ2n) is 6.35. The third kappa shape index (κ3) is 4.47. The summed E-state index contributed by atoms with van der Waals surface area (Å²) in [5.41, 5.74) is 0.284. The lowest BCUT2D eigenvalue weighted by Gasteiger charge is -2.14.